The molecule has 2 heterocycles. The van der Waals surface area contributed by atoms with Crippen LogP contribution < -0.4 is 9.62 Å². The number of fused-ring (bicyclic) bond motifs is 1. The zero-order chi connectivity index (χ0) is 23.7. The molecule has 0 radical (unpaired) electrons. The van der Waals surface area contributed by atoms with Gasteiger partial charge in [-0.25, -0.2) is 12.8 Å². The third-order valence-corrected chi connectivity index (χ3v) is 7.92. The van der Waals surface area contributed by atoms with Crippen LogP contribution in [0, 0.1) is 5.82 Å². The van der Waals surface area contributed by atoms with Crippen molar-refractivity contribution in [3.05, 3.63) is 84.2 Å². The number of hydrogen-bond donors (Lipinski definition) is 2. The van der Waals surface area contributed by atoms with E-state index in [9.17, 15) is 17.6 Å². The van der Waals surface area contributed by atoms with Gasteiger partial charge in [-0.1, -0.05) is 36.4 Å². The first kappa shape index (κ1) is 22.2. The highest BCUT2D eigenvalue weighted by Gasteiger charge is 2.28. The van der Waals surface area contributed by atoms with Crippen LogP contribution in [0.4, 0.5) is 15.8 Å². The normalized spacial score (nSPS) is 15.0. The first-order valence-electron chi connectivity index (χ1n) is 11.2. The molecule has 6 nitrogen and oxygen atoms in total. The van der Waals surface area contributed by atoms with E-state index in [2.05, 4.69) is 10.3 Å². The van der Waals surface area contributed by atoms with Gasteiger partial charge in [-0.2, -0.15) is 0 Å². The van der Waals surface area contributed by atoms with Crippen LogP contribution in [-0.4, -0.2) is 31.6 Å². The van der Waals surface area contributed by atoms with Crippen molar-refractivity contribution in [1.82, 2.24) is 4.98 Å². The van der Waals surface area contributed by atoms with Crippen LogP contribution in [0.15, 0.2) is 72.8 Å². The first-order valence-corrected chi connectivity index (χ1v) is 12.8. The van der Waals surface area contributed by atoms with Crippen LogP contribution in [-0.2, 0) is 21.2 Å². The molecule has 1 aliphatic rings. The van der Waals surface area contributed by atoms with E-state index in [1.807, 2.05) is 30.3 Å². The summed E-state index contributed by atoms with van der Waals surface area (Å²) in [5.41, 5.74) is 4.62. The Hall–Kier alpha value is -3.65. The van der Waals surface area contributed by atoms with Gasteiger partial charge >= 0.3 is 0 Å². The monoisotopic (exact) mass is 477 g/mol. The highest BCUT2D eigenvalue weighted by atomic mass is 32.2. The molecule has 2 N–H and O–H groups in total. The largest absolute Gasteiger partial charge is 0.354 e. The summed E-state index contributed by atoms with van der Waals surface area (Å²) >= 11 is 0. The van der Waals surface area contributed by atoms with Crippen LogP contribution in [0.25, 0.3) is 22.2 Å². The number of anilines is 2. The van der Waals surface area contributed by atoms with Gasteiger partial charge in [0.2, 0.25) is 15.9 Å². The summed E-state index contributed by atoms with van der Waals surface area (Å²) in [6.07, 6.45) is 1.20. The minimum absolute atomic E-state index is 0.137. The van der Waals surface area contributed by atoms with E-state index in [0.29, 0.717) is 30.8 Å². The van der Waals surface area contributed by atoms with Crippen molar-refractivity contribution in [3.8, 4) is 11.3 Å². The van der Waals surface area contributed by atoms with Crippen molar-refractivity contribution >= 4 is 38.2 Å². The van der Waals surface area contributed by atoms with Gasteiger partial charge in [0, 0.05) is 35.2 Å². The SMILES string of the molecule is O=C(CCc1c(-c2ccccc2)[nH]c2ccc(F)cc12)Nc1cccc(N2CCCS2(=O)=O)c1. The van der Waals surface area contributed by atoms with E-state index in [1.54, 1.807) is 30.3 Å². The smallest absolute Gasteiger partial charge is 0.235 e. The first-order chi connectivity index (χ1) is 16.4. The summed E-state index contributed by atoms with van der Waals surface area (Å²) in [4.78, 5) is 16.2. The predicted octanol–water partition coefficient (Wildman–Crippen LogP) is 5.09. The molecule has 1 aromatic heterocycles. The number of aryl methyl sites for hydroxylation is 1. The van der Waals surface area contributed by atoms with E-state index in [1.165, 1.54) is 16.4 Å². The molecule has 0 spiro atoms. The lowest BCUT2D eigenvalue weighted by molar-refractivity contribution is -0.116. The Morgan fingerprint density at radius 1 is 1.03 bits per heavy atom. The fourth-order valence-corrected chi connectivity index (χ4v) is 6.02. The Morgan fingerprint density at radius 3 is 2.62 bits per heavy atom. The number of sulfonamides is 1. The van der Waals surface area contributed by atoms with Gasteiger partial charge in [0.15, 0.2) is 0 Å². The van der Waals surface area contributed by atoms with Gasteiger partial charge in [0.1, 0.15) is 5.82 Å². The molecule has 1 amide bonds. The lowest BCUT2D eigenvalue weighted by Gasteiger charge is -2.17. The van der Waals surface area contributed by atoms with Crippen molar-refractivity contribution in [2.75, 3.05) is 21.9 Å². The molecule has 0 atom stereocenters. The minimum Gasteiger partial charge on any atom is -0.354 e. The molecule has 3 aromatic carbocycles. The van der Waals surface area contributed by atoms with Crippen LogP contribution in [0.2, 0.25) is 0 Å². The Morgan fingerprint density at radius 2 is 1.85 bits per heavy atom. The fourth-order valence-electron chi connectivity index (χ4n) is 4.46. The van der Waals surface area contributed by atoms with Gasteiger partial charge < -0.3 is 10.3 Å². The number of carbonyl (C=O) groups excluding carboxylic acids is 1. The number of aromatic amines is 1. The number of halogens is 1. The standard InChI is InChI=1S/C26H24FN3O3S/c27-19-10-12-24-23(16-19)22(26(29-24)18-6-2-1-3-7-18)11-13-25(31)28-20-8-4-9-21(17-20)30-14-5-15-34(30,32)33/h1-4,6-10,12,16-17,29H,5,11,13-15H2,(H,28,31). The Kier molecular flexibility index (Phi) is 5.83. The number of nitrogens with zero attached hydrogens (tertiary/aromatic N) is 1. The van der Waals surface area contributed by atoms with Gasteiger partial charge in [0.05, 0.1) is 11.4 Å². The van der Waals surface area contributed by atoms with Crippen LogP contribution >= 0.6 is 0 Å². The zero-order valence-corrected chi connectivity index (χ0v) is 19.2. The van der Waals surface area contributed by atoms with Gasteiger partial charge in [-0.3, -0.25) is 9.10 Å². The number of hydrogen-bond acceptors (Lipinski definition) is 3. The number of aromatic nitrogens is 1. The molecule has 8 heteroatoms. The molecule has 1 fully saturated rings. The number of rotatable bonds is 6. The maximum absolute atomic E-state index is 14.0. The molecule has 1 aliphatic heterocycles. The Balaban J connectivity index is 1.36. The molecular weight excluding hydrogens is 453 g/mol. The third kappa shape index (κ3) is 4.41. The lowest BCUT2D eigenvalue weighted by atomic mass is 10.0. The molecule has 0 aliphatic carbocycles. The van der Waals surface area contributed by atoms with Gasteiger partial charge in [-0.05, 0) is 60.4 Å². The molecule has 0 bridgehead atoms. The zero-order valence-electron chi connectivity index (χ0n) is 18.4. The second-order valence-electron chi connectivity index (χ2n) is 8.37. The highest BCUT2D eigenvalue weighted by molar-refractivity contribution is 7.93. The second-order valence-corrected chi connectivity index (χ2v) is 10.4. The average Bonchev–Trinajstić information content (AvgIpc) is 3.37. The van der Waals surface area contributed by atoms with E-state index in [-0.39, 0.29) is 23.9 Å². The third-order valence-electron chi connectivity index (χ3n) is 6.05. The summed E-state index contributed by atoms with van der Waals surface area (Å²) in [6.45, 7) is 0.444. The molecule has 4 aromatic rings. The Labute approximate surface area is 197 Å². The van der Waals surface area contributed by atoms with Crippen molar-refractivity contribution in [1.29, 1.82) is 0 Å². The predicted molar refractivity (Wildman–Crippen MR) is 133 cm³/mol. The van der Waals surface area contributed by atoms with Crippen molar-refractivity contribution < 1.29 is 17.6 Å². The van der Waals surface area contributed by atoms with E-state index < -0.39 is 10.0 Å². The van der Waals surface area contributed by atoms with Crippen molar-refractivity contribution in [3.63, 3.8) is 0 Å². The molecule has 5 rings (SSSR count). The fraction of sp³-hybridized carbons (Fsp3) is 0.192. The molecule has 0 saturated carbocycles. The average molecular weight is 478 g/mol. The van der Waals surface area contributed by atoms with Gasteiger partial charge in [-0.15, -0.1) is 0 Å². The van der Waals surface area contributed by atoms with Crippen LogP contribution in [0.5, 0.6) is 0 Å². The molecule has 34 heavy (non-hydrogen) atoms. The van der Waals surface area contributed by atoms with Crippen molar-refractivity contribution in [2.24, 2.45) is 0 Å². The van der Waals surface area contributed by atoms with E-state index >= 15 is 0 Å². The lowest BCUT2D eigenvalue weighted by Crippen LogP contribution is -2.25. The van der Waals surface area contributed by atoms with Crippen LogP contribution in [0.1, 0.15) is 18.4 Å². The number of nitrogens with one attached hydrogen (secondary N) is 2. The van der Waals surface area contributed by atoms with Gasteiger partial charge in [0.25, 0.3) is 0 Å². The minimum atomic E-state index is -3.29. The van der Waals surface area contributed by atoms with Crippen molar-refractivity contribution in [2.45, 2.75) is 19.3 Å². The van der Waals surface area contributed by atoms with E-state index in [4.69, 9.17) is 0 Å². The summed E-state index contributed by atoms with van der Waals surface area (Å²) in [6, 6.07) is 21.2. The highest BCUT2D eigenvalue weighted by Crippen LogP contribution is 2.32. The molecule has 1 saturated heterocycles. The topological polar surface area (TPSA) is 82.3 Å². The molecule has 0 unspecified atom stereocenters. The Bertz CT molecular complexity index is 1470. The quantitative estimate of drug-likeness (QED) is 0.406. The summed E-state index contributed by atoms with van der Waals surface area (Å²) in [5.74, 6) is -0.393. The summed E-state index contributed by atoms with van der Waals surface area (Å²) in [7, 11) is -3.29. The maximum atomic E-state index is 14.0. The number of benzene rings is 3. The summed E-state index contributed by atoms with van der Waals surface area (Å²) < 4.78 is 39.8. The summed E-state index contributed by atoms with van der Waals surface area (Å²) in [5, 5.41) is 3.63. The number of H-pyrrole nitrogens is 1. The molecule has 174 valence electrons. The maximum Gasteiger partial charge on any atom is 0.235 e. The second kappa shape index (κ2) is 8.95. The number of amides is 1. The molecular formula is C26H24FN3O3S. The van der Waals surface area contributed by atoms with E-state index in [0.717, 1.165) is 27.7 Å². The number of carbonyl (C=O) groups is 1. The van der Waals surface area contributed by atoms with Crippen LogP contribution in [0.3, 0.4) is 0 Å².